The van der Waals surface area contributed by atoms with Gasteiger partial charge in [-0.25, -0.2) is 4.79 Å². The zero-order valence-electron chi connectivity index (χ0n) is 19.8. The molecule has 9 nitrogen and oxygen atoms in total. The first kappa shape index (κ1) is 24.4. The van der Waals surface area contributed by atoms with Gasteiger partial charge in [-0.15, -0.1) is 0 Å². The van der Waals surface area contributed by atoms with Gasteiger partial charge in [-0.2, -0.15) is 0 Å². The summed E-state index contributed by atoms with van der Waals surface area (Å²) in [5.41, 5.74) is 1.21. The minimum absolute atomic E-state index is 0.000905. The van der Waals surface area contributed by atoms with Crippen LogP contribution in [-0.2, 0) is 20.9 Å². The molecule has 3 unspecified atom stereocenters. The van der Waals surface area contributed by atoms with E-state index in [1.807, 2.05) is 37.3 Å². The zero-order chi connectivity index (χ0) is 24.8. The van der Waals surface area contributed by atoms with E-state index >= 15 is 0 Å². The summed E-state index contributed by atoms with van der Waals surface area (Å²) in [4.78, 5) is 57.8. The van der Waals surface area contributed by atoms with E-state index in [2.05, 4.69) is 10.3 Å². The first-order chi connectivity index (χ1) is 16.9. The highest BCUT2D eigenvalue weighted by Gasteiger charge is 2.51. The van der Waals surface area contributed by atoms with Crippen LogP contribution in [0.5, 0.6) is 0 Å². The Balaban J connectivity index is 1.22. The minimum atomic E-state index is -0.589. The Hall–Kier alpha value is -3.75. The second-order valence-electron chi connectivity index (χ2n) is 9.09. The minimum Gasteiger partial charge on any atom is -0.445 e. The number of nitrogens with zero attached hydrogens (tertiary/aromatic N) is 3. The lowest BCUT2D eigenvalue weighted by Crippen LogP contribution is -2.44. The fraction of sp³-hybridized carbons (Fsp3) is 0.423. The van der Waals surface area contributed by atoms with Crippen LogP contribution in [0, 0.1) is 5.92 Å². The zero-order valence-corrected chi connectivity index (χ0v) is 19.8. The number of alkyl carbamates (subject to hydrolysis) is 1. The molecule has 35 heavy (non-hydrogen) atoms. The van der Waals surface area contributed by atoms with Gasteiger partial charge in [-0.1, -0.05) is 43.3 Å². The maximum absolute atomic E-state index is 13.0. The fourth-order valence-corrected chi connectivity index (χ4v) is 4.72. The van der Waals surface area contributed by atoms with E-state index in [0.717, 1.165) is 5.56 Å². The number of pyridine rings is 1. The van der Waals surface area contributed by atoms with Crippen molar-refractivity contribution in [3.63, 3.8) is 0 Å². The third-order valence-electron chi connectivity index (χ3n) is 6.53. The third-order valence-corrected chi connectivity index (χ3v) is 6.53. The molecular weight excluding hydrogens is 448 g/mol. The Bertz CT molecular complexity index is 1060. The summed E-state index contributed by atoms with van der Waals surface area (Å²) in [7, 11) is 0. The van der Waals surface area contributed by atoms with Gasteiger partial charge in [-0.3, -0.25) is 19.4 Å². The number of ether oxygens (including phenoxy) is 1. The molecule has 0 aliphatic carbocycles. The lowest BCUT2D eigenvalue weighted by atomic mass is 10.0. The summed E-state index contributed by atoms with van der Waals surface area (Å²) < 4.78 is 5.19. The monoisotopic (exact) mass is 478 g/mol. The number of hydrogen-bond acceptors (Lipinski definition) is 6. The number of likely N-dealkylation sites (tertiary alicyclic amines) is 2. The number of ketones is 1. The van der Waals surface area contributed by atoms with Crippen LogP contribution in [0.2, 0.25) is 0 Å². The number of nitrogens with one attached hydrogen (secondary N) is 1. The standard InChI is InChI=1S/C26H30N4O5/c1-18(10-13-28-26(34)35-17-19-7-3-2-4-8-19)15-23(32)29-14-11-21-24(29)22(31)16-30(21)25(33)20-9-5-6-12-27-20/h2-9,12,18,21,24H,10-11,13-17H2,1H3,(H,28,34). The average Bonchev–Trinajstić information content (AvgIpc) is 3.45. The number of aromatic nitrogens is 1. The molecule has 2 aliphatic heterocycles. The number of benzene rings is 1. The molecule has 0 saturated carbocycles. The number of hydrogen-bond donors (Lipinski definition) is 1. The number of rotatable bonds is 8. The van der Waals surface area contributed by atoms with Gasteiger partial charge in [-0.05, 0) is 36.5 Å². The van der Waals surface area contributed by atoms with Crippen molar-refractivity contribution in [2.24, 2.45) is 5.92 Å². The van der Waals surface area contributed by atoms with E-state index in [9.17, 15) is 19.2 Å². The Morgan fingerprint density at radius 1 is 1.11 bits per heavy atom. The molecule has 1 aromatic heterocycles. The number of carbonyl (C=O) groups is 4. The molecule has 0 bridgehead atoms. The summed E-state index contributed by atoms with van der Waals surface area (Å²) in [6.45, 7) is 2.98. The van der Waals surface area contributed by atoms with Gasteiger partial charge < -0.3 is 19.9 Å². The molecule has 2 saturated heterocycles. The van der Waals surface area contributed by atoms with Gasteiger partial charge in [0, 0.05) is 25.7 Å². The van der Waals surface area contributed by atoms with Crippen LogP contribution in [0.3, 0.4) is 0 Å². The van der Waals surface area contributed by atoms with Crippen LogP contribution < -0.4 is 5.32 Å². The summed E-state index contributed by atoms with van der Waals surface area (Å²) >= 11 is 0. The predicted molar refractivity (Wildman–Crippen MR) is 127 cm³/mol. The Morgan fingerprint density at radius 3 is 2.63 bits per heavy atom. The Labute approximate surface area is 204 Å². The van der Waals surface area contributed by atoms with Crippen molar-refractivity contribution in [1.82, 2.24) is 20.1 Å². The number of Topliss-reactive ketones (excluding diaryl/α,β-unsaturated/α-hetero) is 1. The number of carbonyl (C=O) groups excluding carboxylic acids is 4. The van der Waals surface area contributed by atoms with Crippen molar-refractivity contribution in [1.29, 1.82) is 0 Å². The molecule has 3 amide bonds. The summed E-state index contributed by atoms with van der Waals surface area (Å²) in [6.07, 6.45) is 2.50. The molecule has 0 radical (unpaired) electrons. The van der Waals surface area contributed by atoms with Gasteiger partial charge in [0.15, 0.2) is 5.78 Å². The van der Waals surface area contributed by atoms with Gasteiger partial charge in [0.25, 0.3) is 5.91 Å². The summed E-state index contributed by atoms with van der Waals surface area (Å²) in [5.74, 6) is -0.476. The molecule has 3 heterocycles. The van der Waals surface area contributed by atoms with Crippen molar-refractivity contribution in [3.8, 4) is 0 Å². The van der Waals surface area contributed by atoms with Crippen LogP contribution in [0.1, 0.15) is 42.2 Å². The highest BCUT2D eigenvalue weighted by Crippen LogP contribution is 2.31. The highest BCUT2D eigenvalue weighted by molar-refractivity contribution is 6.01. The maximum Gasteiger partial charge on any atom is 0.407 e. The molecule has 4 rings (SSSR count). The second kappa shape index (κ2) is 11.1. The molecule has 2 aromatic rings. The Morgan fingerprint density at radius 2 is 1.89 bits per heavy atom. The van der Waals surface area contributed by atoms with E-state index in [1.54, 1.807) is 34.2 Å². The van der Waals surface area contributed by atoms with Crippen molar-refractivity contribution in [2.45, 2.75) is 44.9 Å². The molecule has 2 fully saturated rings. The van der Waals surface area contributed by atoms with E-state index in [4.69, 9.17) is 4.74 Å². The highest BCUT2D eigenvalue weighted by atomic mass is 16.5. The number of fused-ring (bicyclic) bond motifs is 1. The normalized spacial score (nSPS) is 19.9. The molecular formula is C26H30N4O5. The summed E-state index contributed by atoms with van der Waals surface area (Å²) in [5, 5.41) is 2.71. The topological polar surface area (TPSA) is 109 Å². The SMILES string of the molecule is CC(CCNC(=O)OCc1ccccc1)CC(=O)N1CCC2C1C(=O)CN2C(=O)c1ccccn1. The van der Waals surface area contributed by atoms with Crippen LogP contribution in [0.15, 0.2) is 54.7 Å². The van der Waals surface area contributed by atoms with E-state index in [-0.39, 0.29) is 49.1 Å². The lowest BCUT2D eigenvalue weighted by Gasteiger charge is -2.25. The van der Waals surface area contributed by atoms with Gasteiger partial charge in [0.2, 0.25) is 5.91 Å². The van der Waals surface area contributed by atoms with Crippen molar-refractivity contribution in [3.05, 3.63) is 66.0 Å². The largest absolute Gasteiger partial charge is 0.445 e. The molecule has 3 atom stereocenters. The van der Waals surface area contributed by atoms with Gasteiger partial charge in [0.1, 0.15) is 18.3 Å². The maximum atomic E-state index is 13.0. The van der Waals surface area contributed by atoms with E-state index in [0.29, 0.717) is 31.6 Å². The second-order valence-corrected chi connectivity index (χ2v) is 9.09. The van der Waals surface area contributed by atoms with Crippen molar-refractivity contribution in [2.75, 3.05) is 19.6 Å². The average molecular weight is 479 g/mol. The van der Waals surface area contributed by atoms with Crippen molar-refractivity contribution < 1.29 is 23.9 Å². The van der Waals surface area contributed by atoms with E-state index in [1.165, 1.54) is 0 Å². The van der Waals surface area contributed by atoms with E-state index < -0.39 is 12.1 Å². The molecule has 0 spiro atoms. The predicted octanol–water partition coefficient (Wildman–Crippen LogP) is 2.42. The smallest absolute Gasteiger partial charge is 0.407 e. The third kappa shape index (κ3) is 5.85. The first-order valence-corrected chi connectivity index (χ1v) is 11.9. The molecule has 9 heteroatoms. The van der Waals surface area contributed by atoms with Crippen LogP contribution in [-0.4, -0.2) is 70.2 Å². The molecule has 1 aromatic carbocycles. The van der Waals surface area contributed by atoms with Crippen LogP contribution in [0.4, 0.5) is 4.79 Å². The molecule has 184 valence electrons. The lowest BCUT2D eigenvalue weighted by molar-refractivity contribution is -0.137. The Kier molecular flexibility index (Phi) is 7.74. The van der Waals surface area contributed by atoms with Crippen LogP contribution in [0.25, 0.3) is 0 Å². The van der Waals surface area contributed by atoms with Crippen LogP contribution >= 0.6 is 0 Å². The molecule has 2 aliphatic rings. The van der Waals surface area contributed by atoms with Gasteiger partial charge in [0.05, 0.1) is 12.6 Å². The quantitative estimate of drug-likeness (QED) is 0.624. The first-order valence-electron chi connectivity index (χ1n) is 11.9. The van der Waals surface area contributed by atoms with Gasteiger partial charge >= 0.3 is 6.09 Å². The number of amides is 3. The fourth-order valence-electron chi connectivity index (χ4n) is 4.72. The molecule has 1 N–H and O–H groups in total. The summed E-state index contributed by atoms with van der Waals surface area (Å²) in [6, 6.07) is 13.6. The van der Waals surface area contributed by atoms with Crippen molar-refractivity contribution >= 4 is 23.7 Å².